The Balaban J connectivity index is 4.27. The van der Waals surface area contributed by atoms with E-state index in [0.29, 0.717) is 17.4 Å². The molecule has 64 heavy (non-hydrogen) atoms. The van der Waals surface area contributed by atoms with Crippen LogP contribution >= 0.6 is 7.82 Å². The summed E-state index contributed by atoms with van der Waals surface area (Å²) in [5.41, 5.74) is 0. The fourth-order valence-electron chi connectivity index (χ4n) is 7.99. The molecule has 1 amide bonds. The minimum Gasteiger partial charge on any atom is -0.387 e. The van der Waals surface area contributed by atoms with Crippen LogP contribution in [0.3, 0.4) is 0 Å². The van der Waals surface area contributed by atoms with E-state index < -0.39 is 20.0 Å². The molecule has 3 atom stereocenters. The van der Waals surface area contributed by atoms with Gasteiger partial charge in [-0.2, -0.15) is 0 Å². The van der Waals surface area contributed by atoms with Crippen LogP contribution < -0.4 is 5.32 Å². The molecule has 3 N–H and O–H groups in total. The maximum Gasteiger partial charge on any atom is 0.472 e. The number of phosphoric ester groups is 1. The van der Waals surface area contributed by atoms with E-state index in [1.165, 1.54) is 186 Å². The third-order valence-electron chi connectivity index (χ3n) is 12.3. The highest BCUT2D eigenvalue weighted by Crippen LogP contribution is 2.43. The van der Waals surface area contributed by atoms with Gasteiger partial charge in [0.05, 0.1) is 39.9 Å². The smallest absolute Gasteiger partial charge is 0.387 e. The average Bonchev–Trinajstić information content (AvgIpc) is 3.25. The van der Waals surface area contributed by atoms with Crippen LogP contribution in [0.1, 0.15) is 258 Å². The molecular weight excluding hydrogens is 816 g/mol. The molecule has 0 aliphatic heterocycles. The fraction of sp³-hybridized carbons (Fsp3) is 0.873. The van der Waals surface area contributed by atoms with Gasteiger partial charge in [-0.1, -0.05) is 230 Å². The summed E-state index contributed by atoms with van der Waals surface area (Å²) < 4.78 is 23.6. The summed E-state index contributed by atoms with van der Waals surface area (Å²) >= 11 is 0. The van der Waals surface area contributed by atoms with Crippen LogP contribution in [-0.4, -0.2) is 73.4 Å². The minimum atomic E-state index is -4.35. The quantitative estimate of drug-likeness (QED) is 0.0243. The Bertz CT molecular complexity index is 1140. The lowest BCUT2D eigenvalue weighted by molar-refractivity contribution is -0.870. The minimum absolute atomic E-state index is 0.0550. The molecule has 0 bridgehead atoms. The number of likely N-dealkylation sites (N-methyl/N-ethyl adjacent to an activating group) is 1. The van der Waals surface area contributed by atoms with Crippen molar-refractivity contribution in [3.05, 3.63) is 36.5 Å². The van der Waals surface area contributed by atoms with E-state index in [1.807, 2.05) is 27.2 Å². The predicted octanol–water partition coefficient (Wildman–Crippen LogP) is 16.2. The van der Waals surface area contributed by atoms with Crippen LogP contribution in [0.5, 0.6) is 0 Å². The van der Waals surface area contributed by atoms with Gasteiger partial charge in [-0.15, -0.1) is 0 Å². The zero-order chi connectivity index (χ0) is 47.1. The lowest BCUT2D eigenvalue weighted by Gasteiger charge is -2.25. The zero-order valence-electron chi connectivity index (χ0n) is 43.0. The van der Waals surface area contributed by atoms with Crippen LogP contribution in [0.2, 0.25) is 0 Å². The number of allylic oxidation sites excluding steroid dienone is 5. The van der Waals surface area contributed by atoms with Gasteiger partial charge in [0, 0.05) is 6.42 Å². The molecule has 0 heterocycles. The Morgan fingerprint density at radius 2 is 0.859 bits per heavy atom. The van der Waals surface area contributed by atoms with Crippen LogP contribution in [0.15, 0.2) is 36.5 Å². The molecule has 3 unspecified atom stereocenters. The van der Waals surface area contributed by atoms with E-state index in [4.69, 9.17) is 9.05 Å². The topological polar surface area (TPSA) is 105 Å². The van der Waals surface area contributed by atoms with Crippen LogP contribution in [0.4, 0.5) is 0 Å². The van der Waals surface area contributed by atoms with Crippen molar-refractivity contribution in [2.75, 3.05) is 40.9 Å². The molecule has 378 valence electrons. The first-order chi connectivity index (χ1) is 31.0. The molecule has 0 saturated heterocycles. The normalized spacial score (nSPS) is 14.3. The fourth-order valence-corrected chi connectivity index (χ4v) is 8.73. The van der Waals surface area contributed by atoms with Crippen molar-refractivity contribution in [2.24, 2.45) is 0 Å². The predicted molar refractivity (Wildman–Crippen MR) is 277 cm³/mol. The van der Waals surface area contributed by atoms with Gasteiger partial charge in [0.2, 0.25) is 5.91 Å². The zero-order valence-corrected chi connectivity index (χ0v) is 43.9. The number of nitrogens with zero attached hydrogens (tertiary/aromatic N) is 1. The van der Waals surface area contributed by atoms with Crippen LogP contribution in [0.25, 0.3) is 0 Å². The van der Waals surface area contributed by atoms with Gasteiger partial charge in [-0.25, -0.2) is 4.57 Å². The standard InChI is InChI=1S/C55H107N2O6P/c1-6-8-10-12-14-16-18-20-22-24-25-26-27-28-29-30-31-32-33-34-36-38-40-42-44-46-48-54(58)53(52-63-64(60,61)62-51-50-57(3,4)5)56-55(59)49-47-45-43-41-39-37-35-23-21-19-17-15-13-11-9-7-2/h23,35,38,40,46,48,53-54,58H,6-22,24-34,36-37,39,41-45,47,49-52H2,1-5H3,(H-,56,59,60,61)/p+1/b35-23-,40-38+,48-46+. The molecular formula is C55H108N2O6P+. The molecule has 0 aliphatic rings. The van der Waals surface area contributed by atoms with Gasteiger partial charge in [-0.3, -0.25) is 13.8 Å². The van der Waals surface area contributed by atoms with Crippen molar-refractivity contribution >= 4 is 13.7 Å². The third kappa shape index (κ3) is 48.6. The number of aliphatic hydroxyl groups excluding tert-OH is 1. The van der Waals surface area contributed by atoms with Crippen molar-refractivity contribution < 1.29 is 32.9 Å². The number of carbonyl (C=O) groups excluding carboxylic acids is 1. The number of amides is 1. The second kappa shape index (κ2) is 46.8. The molecule has 0 fully saturated rings. The highest BCUT2D eigenvalue weighted by atomic mass is 31.2. The molecule has 0 radical (unpaired) electrons. The van der Waals surface area contributed by atoms with Crippen molar-refractivity contribution in [3.63, 3.8) is 0 Å². The molecule has 0 spiro atoms. The van der Waals surface area contributed by atoms with E-state index in [-0.39, 0.29) is 19.1 Å². The second-order valence-corrected chi connectivity index (χ2v) is 21.4. The summed E-state index contributed by atoms with van der Waals surface area (Å²) in [4.78, 5) is 23.2. The van der Waals surface area contributed by atoms with E-state index >= 15 is 0 Å². The highest BCUT2D eigenvalue weighted by molar-refractivity contribution is 7.47. The summed E-state index contributed by atoms with van der Waals surface area (Å²) in [6, 6.07) is -0.867. The number of aliphatic hydroxyl groups is 1. The molecule has 0 rings (SSSR count). The number of unbranched alkanes of at least 4 members (excludes halogenated alkanes) is 33. The van der Waals surface area contributed by atoms with Gasteiger partial charge >= 0.3 is 7.82 Å². The number of phosphoric acid groups is 1. The SMILES string of the molecule is CCCCCCCCC/C=C\CCCCCCCC(=O)NC(COP(=O)(O)OCC[N+](C)(C)C)C(O)/C=C/CC/C=C/CCCCCCCCCCCCCCCCCCCCCC. The number of hydrogen-bond donors (Lipinski definition) is 3. The number of hydrogen-bond acceptors (Lipinski definition) is 5. The van der Waals surface area contributed by atoms with E-state index in [9.17, 15) is 19.4 Å². The Hall–Kier alpha value is -1.28. The molecule has 0 aromatic carbocycles. The first kappa shape index (κ1) is 62.7. The monoisotopic (exact) mass is 924 g/mol. The van der Waals surface area contributed by atoms with Gasteiger partial charge in [-0.05, 0) is 57.8 Å². The van der Waals surface area contributed by atoms with Crippen molar-refractivity contribution in [3.8, 4) is 0 Å². The molecule has 8 nitrogen and oxygen atoms in total. The number of nitrogens with one attached hydrogen (secondary N) is 1. The number of rotatable bonds is 50. The van der Waals surface area contributed by atoms with E-state index in [0.717, 1.165) is 51.4 Å². The maximum absolute atomic E-state index is 12.9. The van der Waals surface area contributed by atoms with Crippen molar-refractivity contribution in [1.29, 1.82) is 0 Å². The first-order valence-electron chi connectivity index (χ1n) is 27.4. The van der Waals surface area contributed by atoms with Crippen LogP contribution in [-0.2, 0) is 18.4 Å². The summed E-state index contributed by atoms with van der Waals surface area (Å²) in [6.07, 6.45) is 59.6. The Kier molecular flexibility index (Phi) is 45.9. The van der Waals surface area contributed by atoms with Gasteiger partial charge < -0.3 is 19.8 Å². The lowest BCUT2D eigenvalue weighted by atomic mass is 10.0. The molecule has 9 heteroatoms. The van der Waals surface area contributed by atoms with E-state index in [1.54, 1.807) is 6.08 Å². The largest absolute Gasteiger partial charge is 0.472 e. The maximum atomic E-state index is 12.9. The van der Waals surface area contributed by atoms with Crippen molar-refractivity contribution in [2.45, 2.75) is 270 Å². The Labute approximate surface area is 397 Å². The average molecular weight is 924 g/mol. The Morgan fingerprint density at radius 3 is 1.25 bits per heavy atom. The third-order valence-corrected chi connectivity index (χ3v) is 13.3. The number of quaternary nitrogens is 1. The van der Waals surface area contributed by atoms with Gasteiger partial charge in [0.15, 0.2) is 0 Å². The second-order valence-electron chi connectivity index (χ2n) is 19.9. The lowest BCUT2D eigenvalue weighted by Crippen LogP contribution is -2.45. The first-order valence-corrected chi connectivity index (χ1v) is 28.9. The Morgan fingerprint density at radius 1 is 0.516 bits per heavy atom. The van der Waals surface area contributed by atoms with E-state index in [2.05, 4.69) is 43.5 Å². The van der Waals surface area contributed by atoms with Crippen LogP contribution in [0, 0.1) is 0 Å². The number of carbonyl (C=O) groups is 1. The molecule has 0 aliphatic carbocycles. The summed E-state index contributed by atoms with van der Waals surface area (Å²) in [7, 11) is 1.55. The van der Waals surface area contributed by atoms with Gasteiger partial charge in [0.1, 0.15) is 13.2 Å². The summed E-state index contributed by atoms with van der Waals surface area (Å²) in [5.74, 6) is -0.193. The molecule has 0 aromatic heterocycles. The summed E-state index contributed by atoms with van der Waals surface area (Å²) in [6.45, 7) is 4.81. The summed E-state index contributed by atoms with van der Waals surface area (Å²) in [5, 5.41) is 13.9. The molecule has 0 saturated carbocycles. The van der Waals surface area contributed by atoms with Crippen molar-refractivity contribution in [1.82, 2.24) is 5.32 Å². The molecule has 0 aromatic rings. The highest BCUT2D eigenvalue weighted by Gasteiger charge is 2.27. The van der Waals surface area contributed by atoms with Gasteiger partial charge in [0.25, 0.3) is 0 Å².